The standard InChI is InChI=1S/C24H28F3N5OS/c1-13-15(11-33)9-10-23(13,2)32-20-18(21-29-16-5-3-4-6-17(16)34-21)19(14-7-8-14)30-22(31-20)28-12-24(25,26)27/h3-6,13-15,33H,7-12H2,1-2H3,(H2,28,30,31,32)/t13-,15-,23+/m1/s1. The molecule has 10 heteroatoms. The monoisotopic (exact) mass is 491 g/mol. The first-order valence-electron chi connectivity index (χ1n) is 11.6. The molecule has 2 saturated carbocycles. The summed E-state index contributed by atoms with van der Waals surface area (Å²) in [5.74, 6) is 0.978. The molecule has 2 aliphatic carbocycles. The number of hydrogen-bond acceptors (Lipinski definition) is 7. The summed E-state index contributed by atoms with van der Waals surface area (Å²) in [6.45, 7) is 3.11. The summed E-state index contributed by atoms with van der Waals surface area (Å²) in [5.41, 5.74) is 2.03. The van der Waals surface area contributed by atoms with E-state index < -0.39 is 12.7 Å². The number of aliphatic hydroxyl groups is 1. The number of halogens is 3. The van der Waals surface area contributed by atoms with Gasteiger partial charge in [-0.3, -0.25) is 0 Å². The molecule has 2 aliphatic rings. The molecule has 6 nitrogen and oxygen atoms in total. The van der Waals surface area contributed by atoms with E-state index in [-0.39, 0.29) is 35.8 Å². The highest BCUT2D eigenvalue weighted by atomic mass is 32.1. The predicted octanol–water partition coefficient (Wildman–Crippen LogP) is 5.81. The van der Waals surface area contributed by atoms with E-state index in [1.165, 1.54) is 11.3 Å². The Kier molecular flexibility index (Phi) is 5.92. The van der Waals surface area contributed by atoms with Gasteiger partial charge in [0.05, 0.1) is 21.5 Å². The van der Waals surface area contributed by atoms with E-state index in [2.05, 4.69) is 34.4 Å². The van der Waals surface area contributed by atoms with Crippen LogP contribution in [-0.2, 0) is 0 Å². The van der Waals surface area contributed by atoms with Gasteiger partial charge in [-0.05, 0) is 56.6 Å². The lowest BCUT2D eigenvalue weighted by molar-refractivity contribution is -0.115. The maximum atomic E-state index is 12.9. The Bertz CT molecular complexity index is 1160. The van der Waals surface area contributed by atoms with Crippen molar-refractivity contribution in [2.45, 2.75) is 57.2 Å². The molecule has 3 aromatic rings. The summed E-state index contributed by atoms with van der Waals surface area (Å²) in [7, 11) is 0. The molecule has 0 amide bonds. The van der Waals surface area contributed by atoms with Crippen LogP contribution in [0.4, 0.5) is 24.9 Å². The molecule has 5 rings (SSSR count). The first-order valence-corrected chi connectivity index (χ1v) is 12.5. The van der Waals surface area contributed by atoms with Gasteiger partial charge in [-0.2, -0.15) is 18.2 Å². The Morgan fingerprint density at radius 2 is 1.91 bits per heavy atom. The van der Waals surface area contributed by atoms with Gasteiger partial charge in [0.2, 0.25) is 5.95 Å². The van der Waals surface area contributed by atoms with E-state index in [1.807, 2.05) is 24.3 Å². The Labute approximate surface area is 200 Å². The molecular weight excluding hydrogens is 463 g/mol. The van der Waals surface area contributed by atoms with Crippen LogP contribution in [0.15, 0.2) is 24.3 Å². The van der Waals surface area contributed by atoms with Crippen molar-refractivity contribution < 1.29 is 18.3 Å². The van der Waals surface area contributed by atoms with Crippen molar-refractivity contribution in [1.29, 1.82) is 0 Å². The minimum atomic E-state index is -4.37. The number of rotatable bonds is 7. The molecule has 182 valence electrons. The Morgan fingerprint density at radius 3 is 2.56 bits per heavy atom. The molecule has 0 aliphatic heterocycles. The molecule has 0 saturated heterocycles. The van der Waals surface area contributed by atoms with Crippen LogP contribution in [-0.4, -0.2) is 44.9 Å². The second kappa shape index (κ2) is 8.64. The zero-order valence-electron chi connectivity index (χ0n) is 19.1. The third-order valence-corrected chi connectivity index (χ3v) is 8.29. The van der Waals surface area contributed by atoms with E-state index in [0.717, 1.165) is 52.2 Å². The van der Waals surface area contributed by atoms with E-state index >= 15 is 0 Å². The molecule has 0 unspecified atom stereocenters. The number of para-hydroxylation sites is 1. The quantitative estimate of drug-likeness (QED) is 0.387. The smallest absolute Gasteiger partial charge is 0.396 e. The van der Waals surface area contributed by atoms with Gasteiger partial charge < -0.3 is 15.7 Å². The van der Waals surface area contributed by atoms with Gasteiger partial charge >= 0.3 is 6.18 Å². The van der Waals surface area contributed by atoms with Gasteiger partial charge in [-0.15, -0.1) is 11.3 Å². The maximum absolute atomic E-state index is 12.9. The Morgan fingerprint density at radius 1 is 1.15 bits per heavy atom. The molecule has 3 atom stereocenters. The van der Waals surface area contributed by atoms with Crippen LogP contribution in [0, 0.1) is 11.8 Å². The van der Waals surface area contributed by atoms with Crippen LogP contribution in [0.25, 0.3) is 20.8 Å². The van der Waals surface area contributed by atoms with Gasteiger partial charge in [-0.25, -0.2) is 9.97 Å². The molecule has 2 fully saturated rings. The fourth-order valence-corrected chi connectivity index (χ4v) is 5.87. The number of nitrogens with zero attached hydrogens (tertiary/aromatic N) is 3. The average Bonchev–Trinajstić information content (AvgIpc) is 3.49. The lowest BCUT2D eigenvalue weighted by Crippen LogP contribution is -2.40. The minimum absolute atomic E-state index is 0.0282. The third kappa shape index (κ3) is 4.57. The van der Waals surface area contributed by atoms with Crippen molar-refractivity contribution in [3.63, 3.8) is 0 Å². The van der Waals surface area contributed by atoms with Crippen molar-refractivity contribution in [1.82, 2.24) is 15.0 Å². The van der Waals surface area contributed by atoms with Gasteiger partial charge in [-0.1, -0.05) is 19.1 Å². The Balaban J connectivity index is 1.62. The normalized spacial score (nSPS) is 25.1. The van der Waals surface area contributed by atoms with E-state index in [9.17, 15) is 18.3 Å². The molecule has 2 heterocycles. The topological polar surface area (TPSA) is 83.0 Å². The molecule has 0 radical (unpaired) electrons. The van der Waals surface area contributed by atoms with E-state index in [4.69, 9.17) is 4.98 Å². The number of benzene rings is 1. The summed E-state index contributed by atoms with van der Waals surface area (Å²) in [6.07, 6.45) is -0.798. The maximum Gasteiger partial charge on any atom is 0.405 e. The minimum Gasteiger partial charge on any atom is -0.396 e. The van der Waals surface area contributed by atoms with Crippen molar-refractivity contribution in [3.8, 4) is 10.6 Å². The fourth-order valence-electron chi connectivity index (χ4n) is 4.85. The second-order valence-electron chi connectivity index (χ2n) is 9.70. The number of aliphatic hydroxyl groups excluding tert-OH is 1. The number of nitrogens with one attached hydrogen (secondary N) is 2. The summed E-state index contributed by atoms with van der Waals surface area (Å²) in [5, 5.41) is 16.5. The predicted molar refractivity (Wildman–Crippen MR) is 128 cm³/mol. The molecule has 2 aromatic heterocycles. The van der Waals surface area contributed by atoms with Crippen molar-refractivity contribution in [3.05, 3.63) is 30.0 Å². The van der Waals surface area contributed by atoms with Crippen LogP contribution in [0.2, 0.25) is 0 Å². The third-order valence-electron chi connectivity index (χ3n) is 7.24. The summed E-state index contributed by atoms with van der Waals surface area (Å²) in [6, 6.07) is 7.85. The lowest BCUT2D eigenvalue weighted by atomic mass is 9.86. The largest absolute Gasteiger partial charge is 0.405 e. The summed E-state index contributed by atoms with van der Waals surface area (Å²) >= 11 is 1.54. The van der Waals surface area contributed by atoms with Crippen LogP contribution in [0.3, 0.4) is 0 Å². The fraction of sp³-hybridized carbons (Fsp3) is 0.542. The Hall–Kier alpha value is -2.46. The van der Waals surface area contributed by atoms with Crippen molar-refractivity contribution in [2.24, 2.45) is 11.8 Å². The molecule has 34 heavy (non-hydrogen) atoms. The number of aromatic nitrogens is 3. The van der Waals surface area contributed by atoms with Crippen LogP contribution >= 0.6 is 11.3 Å². The molecular formula is C24H28F3N5OS. The van der Waals surface area contributed by atoms with Crippen molar-refractivity contribution >= 4 is 33.3 Å². The zero-order valence-corrected chi connectivity index (χ0v) is 19.9. The SMILES string of the molecule is C[C@@H]1[C@@H](CO)CC[C@]1(C)Nc1nc(NCC(F)(F)F)nc(C2CC2)c1-c1nc2ccccc2s1. The first kappa shape index (κ1) is 23.3. The van der Waals surface area contributed by atoms with Gasteiger partial charge in [0.15, 0.2) is 0 Å². The van der Waals surface area contributed by atoms with Gasteiger partial charge in [0, 0.05) is 18.1 Å². The van der Waals surface area contributed by atoms with Gasteiger partial charge in [0.25, 0.3) is 0 Å². The molecule has 3 N–H and O–H groups in total. The molecule has 0 spiro atoms. The number of anilines is 2. The molecule has 1 aromatic carbocycles. The van der Waals surface area contributed by atoms with Crippen LogP contribution < -0.4 is 10.6 Å². The van der Waals surface area contributed by atoms with Gasteiger partial charge in [0.1, 0.15) is 17.4 Å². The van der Waals surface area contributed by atoms with E-state index in [0.29, 0.717) is 5.82 Å². The molecule has 0 bridgehead atoms. The van der Waals surface area contributed by atoms with E-state index in [1.54, 1.807) is 0 Å². The number of hydrogen-bond donors (Lipinski definition) is 3. The number of alkyl halides is 3. The highest BCUT2D eigenvalue weighted by molar-refractivity contribution is 7.21. The van der Waals surface area contributed by atoms with Crippen molar-refractivity contribution in [2.75, 3.05) is 23.8 Å². The number of thiazole rings is 1. The second-order valence-corrected chi connectivity index (χ2v) is 10.7. The van der Waals surface area contributed by atoms with Crippen LogP contribution in [0.5, 0.6) is 0 Å². The number of fused-ring (bicyclic) bond motifs is 1. The highest BCUT2D eigenvalue weighted by Crippen LogP contribution is 2.49. The highest BCUT2D eigenvalue weighted by Gasteiger charge is 2.43. The lowest BCUT2D eigenvalue weighted by Gasteiger charge is -2.34. The zero-order chi connectivity index (χ0) is 24.1. The average molecular weight is 492 g/mol. The van der Waals surface area contributed by atoms with Crippen LogP contribution in [0.1, 0.15) is 51.1 Å². The first-order chi connectivity index (χ1) is 16.2. The summed E-state index contributed by atoms with van der Waals surface area (Å²) in [4.78, 5) is 13.9. The summed E-state index contributed by atoms with van der Waals surface area (Å²) < 4.78 is 39.8.